The molecule has 3 aliphatic rings. The molecule has 0 aromatic carbocycles. The molecule has 3 rings (SSSR count). The maximum atomic E-state index is 9.70. The molecule has 0 radical (unpaired) electrons. The molecule has 3 fully saturated rings. The van der Waals surface area contributed by atoms with E-state index < -0.39 is 29.8 Å². The number of hydrogen-bond acceptors (Lipinski definition) is 5. The molecule has 0 aromatic heterocycles. The van der Waals surface area contributed by atoms with E-state index in [1.165, 1.54) is 0 Å². The molecule has 13 heavy (non-hydrogen) atoms. The van der Waals surface area contributed by atoms with Gasteiger partial charge in [-0.3, -0.25) is 0 Å². The van der Waals surface area contributed by atoms with E-state index in [9.17, 15) is 20.4 Å². The van der Waals surface area contributed by atoms with Gasteiger partial charge in [0, 0.05) is 12.1 Å². The van der Waals surface area contributed by atoms with Crippen molar-refractivity contribution in [2.24, 2.45) is 5.41 Å². The Bertz CT molecular complexity index is 243. The molecule has 0 aromatic rings. The zero-order chi connectivity index (χ0) is 9.38. The maximum absolute atomic E-state index is 9.70. The molecule has 74 valence electrons. The number of aliphatic hydroxyl groups excluding tert-OH is 4. The van der Waals surface area contributed by atoms with Crippen molar-refractivity contribution in [3.8, 4) is 0 Å². The van der Waals surface area contributed by atoms with Crippen LogP contribution in [0.15, 0.2) is 0 Å². The zero-order valence-corrected chi connectivity index (χ0v) is 6.96. The van der Waals surface area contributed by atoms with Gasteiger partial charge in [-0.15, -0.1) is 0 Å². The second-order valence-electron chi connectivity index (χ2n) is 4.37. The molecule has 2 aliphatic carbocycles. The van der Waals surface area contributed by atoms with Crippen molar-refractivity contribution in [1.29, 1.82) is 0 Å². The van der Waals surface area contributed by atoms with Gasteiger partial charge in [-0.2, -0.15) is 0 Å². The summed E-state index contributed by atoms with van der Waals surface area (Å²) in [6.07, 6.45) is -3.07. The van der Waals surface area contributed by atoms with Crippen molar-refractivity contribution in [2.45, 2.75) is 42.9 Å². The van der Waals surface area contributed by atoms with E-state index in [0.29, 0.717) is 6.42 Å². The number of piperidine rings is 1. The second-order valence-corrected chi connectivity index (χ2v) is 4.37. The largest absolute Gasteiger partial charge is 0.392 e. The van der Waals surface area contributed by atoms with Gasteiger partial charge < -0.3 is 25.7 Å². The Balaban J connectivity index is 1.98. The van der Waals surface area contributed by atoms with Gasteiger partial charge in [0.2, 0.25) is 0 Å². The van der Waals surface area contributed by atoms with Gasteiger partial charge in [-0.25, -0.2) is 0 Å². The third-order valence-electron chi connectivity index (χ3n) is 4.09. The summed E-state index contributed by atoms with van der Waals surface area (Å²) in [7, 11) is 0. The van der Waals surface area contributed by atoms with E-state index in [2.05, 4.69) is 5.32 Å². The molecule has 1 aliphatic heterocycles. The van der Waals surface area contributed by atoms with E-state index in [0.717, 1.165) is 0 Å². The van der Waals surface area contributed by atoms with E-state index in [4.69, 9.17) is 0 Å². The standard InChI is InChI=1S/C8H13NO4/c10-3-1-2-8(3)6(9-2)4(11)5(12)7(8)13/h2-7,9-13H,1H2. The van der Waals surface area contributed by atoms with Gasteiger partial charge in [0.15, 0.2) is 0 Å². The monoisotopic (exact) mass is 187 g/mol. The van der Waals surface area contributed by atoms with E-state index >= 15 is 0 Å². The Labute approximate surface area is 75.0 Å². The van der Waals surface area contributed by atoms with Crippen molar-refractivity contribution in [1.82, 2.24) is 5.32 Å². The molecule has 2 saturated carbocycles. The van der Waals surface area contributed by atoms with E-state index in [1.54, 1.807) is 0 Å². The first-order valence-corrected chi connectivity index (χ1v) is 4.58. The minimum Gasteiger partial charge on any atom is -0.392 e. The van der Waals surface area contributed by atoms with Crippen molar-refractivity contribution in [3.63, 3.8) is 0 Å². The van der Waals surface area contributed by atoms with Crippen LogP contribution in [0.5, 0.6) is 0 Å². The Morgan fingerprint density at radius 3 is 2.15 bits per heavy atom. The molecule has 5 heteroatoms. The van der Waals surface area contributed by atoms with Gasteiger partial charge in [-0.05, 0) is 6.42 Å². The fraction of sp³-hybridized carbons (Fsp3) is 1.00. The summed E-state index contributed by atoms with van der Waals surface area (Å²) in [5, 5.41) is 41.3. The first-order chi connectivity index (χ1) is 6.10. The van der Waals surface area contributed by atoms with Crippen molar-refractivity contribution in [2.75, 3.05) is 0 Å². The van der Waals surface area contributed by atoms with Gasteiger partial charge >= 0.3 is 0 Å². The maximum Gasteiger partial charge on any atom is 0.108 e. The Morgan fingerprint density at radius 1 is 1.08 bits per heavy atom. The lowest BCUT2D eigenvalue weighted by molar-refractivity contribution is -0.223. The van der Waals surface area contributed by atoms with Gasteiger partial charge in [0.1, 0.15) is 6.10 Å². The molecule has 7 unspecified atom stereocenters. The van der Waals surface area contributed by atoms with Crippen molar-refractivity contribution < 1.29 is 20.4 Å². The number of hydrogen-bond donors (Lipinski definition) is 5. The van der Waals surface area contributed by atoms with Crippen molar-refractivity contribution >= 4 is 0 Å². The highest BCUT2D eigenvalue weighted by Gasteiger charge is 2.77. The minimum atomic E-state index is -1.13. The Morgan fingerprint density at radius 2 is 1.77 bits per heavy atom. The van der Waals surface area contributed by atoms with Crippen LogP contribution in [-0.2, 0) is 0 Å². The molecule has 1 spiro atoms. The zero-order valence-electron chi connectivity index (χ0n) is 6.96. The third-order valence-corrected chi connectivity index (χ3v) is 4.09. The van der Waals surface area contributed by atoms with Gasteiger partial charge in [0.05, 0.1) is 23.7 Å². The molecule has 1 heterocycles. The summed E-state index contributed by atoms with van der Waals surface area (Å²) in [4.78, 5) is 0. The predicted octanol–water partition coefficient (Wildman–Crippen LogP) is -2.83. The van der Waals surface area contributed by atoms with Crippen LogP contribution in [0.25, 0.3) is 0 Å². The fourth-order valence-electron chi connectivity index (χ4n) is 3.27. The minimum absolute atomic E-state index is 0.0642. The highest BCUT2D eigenvalue weighted by Crippen LogP contribution is 2.59. The van der Waals surface area contributed by atoms with Crippen LogP contribution in [0.2, 0.25) is 0 Å². The fourth-order valence-corrected chi connectivity index (χ4v) is 3.27. The van der Waals surface area contributed by atoms with Crippen LogP contribution in [0, 0.1) is 5.41 Å². The molecule has 5 N–H and O–H groups in total. The normalized spacial score (nSPS) is 69.2. The average Bonchev–Trinajstić information content (AvgIpc) is 2.25. The third kappa shape index (κ3) is 0.591. The second kappa shape index (κ2) is 2.07. The predicted molar refractivity (Wildman–Crippen MR) is 41.8 cm³/mol. The van der Waals surface area contributed by atoms with Crippen LogP contribution < -0.4 is 5.32 Å². The highest BCUT2D eigenvalue weighted by atomic mass is 16.4. The summed E-state index contributed by atoms with van der Waals surface area (Å²) >= 11 is 0. The van der Waals surface area contributed by atoms with Crippen LogP contribution in [0.3, 0.4) is 0 Å². The van der Waals surface area contributed by atoms with E-state index in [1.807, 2.05) is 0 Å². The summed E-state index contributed by atoms with van der Waals surface area (Å²) in [6, 6.07) is -0.277. The highest BCUT2D eigenvalue weighted by molar-refractivity contribution is 5.31. The number of nitrogens with one attached hydrogen (secondary N) is 1. The average molecular weight is 187 g/mol. The molecule has 1 saturated heterocycles. The van der Waals surface area contributed by atoms with Crippen LogP contribution in [-0.4, -0.2) is 56.9 Å². The van der Waals surface area contributed by atoms with Gasteiger partial charge in [-0.1, -0.05) is 0 Å². The molecular weight excluding hydrogens is 174 g/mol. The van der Waals surface area contributed by atoms with E-state index in [-0.39, 0.29) is 12.1 Å². The Hall–Kier alpha value is -0.200. The topological polar surface area (TPSA) is 93.0 Å². The lowest BCUT2D eigenvalue weighted by atomic mass is 9.52. The molecule has 0 amide bonds. The summed E-state index contributed by atoms with van der Waals surface area (Å²) in [5.74, 6) is 0. The van der Waals surface area contributed by atoms with Gasteiger partial charge in [0.25, 0.3) is 0 Å². The first kappa shape index (κ1) is 8.14. The molecule has 7 atom stereocenters. The van der Waals surface area contributed by atoms with Crippen LogP contribution in [0.4, 0.5) is 0 Å². The lowest BCUT2D eigenvalue weighted by Gasteiger charge is -2.65. The molecule has 0 bridgehead atoms. The lowest BCUT2D eigenvalue weighted by Crippen LogP contribution is -2.84. The van der Waals surface area contributed by atoms with Crippen molar-refractivity contribution in [3.05, 3.63) is 0 Å². The molecular formula is C8H13NO4. The summed E-state index contributed by atoms with van der Waals surface area (Å²) in [5.41, 5.74) is -0.668. The molecule has 5 nitrogen and oxygen atoms in total. The summed E-state index contributed by atoms with van der Waals surface area (Å²) in [6.45, 7) is 0. The van der Waals surface area contributed by atoms with Crippen LogP contribution >= 0.6 is 0 Å². The summed E-state index contributed by atoms with van der Waals surface area (Å²) < 4.78 is 0. The quantitative estimate of drug-likeness (QED) is 0.282. The first-order valence-electron chi connectivity index (χ1n) is 4.58. The Kier molecular flexibility index (Phi) is 1.29. The number of rotatable bonds is 0. The smallest absolute Gasteiger partial charge is 0.108 e. The van der Waals surface area contributed by atoms with Crippen LogP contribution in [0.1, 0.15) is 6.42 Å². The SMILES string of the molecule is OC1C(O)C2NC3CC(O)C32C1O. The number of aliphatic hydroxyl groups is 4.